The third kappa shape index (κ3) is 4.23. The zero-order valence-electron chi connectivity index (χ0n) is 14.9. The molecule has 2 aromatic carbocycles. The standard InChI is InChI=1S/C19H18ClN3O5/c20-15-6-4-12(19(25)26)10-16(15)21-18(24)14-11-13(23(27)28)5-7-17(14)22-8-2-1-3-9-22/h4-7,10-11H,1-3,8-9H2,(H,21,24)(H,25,26). The number of hydrogen-bond donors (Lipinski definition) is 2. The molecular formula is C19H18ClN3O5. The third-order valence-corrected chi connectivity index (χ3v) is 4.92. The van der Waals surface area contributed by atoms with Gasteiger partial charge in [0.2, 0.25) is 0 Å². The van der Waals surface area contributed by atoms with Crippen LogP contribution in [0.25, 0.3) is 0 Å². The van der Waals surface area contributed by atoms with Crippen molar-refractivity contribution in [3.8, 4) is 0 Å². The minimum Gasteiger partial charge on any atom is -0.478 e. The molecule has 3 rings (SSSR count). The zero-order chi connectivity index (χ0) is 20.3. The molecule has 2 aromatic rings. The van der Waals surface area contributed by atoms with Crippen molar-refractivity contribution < 1.29 is 19.6 Å². The predicted octanol–water partition coefficient (Wildman–Crippen LogP) is 4.19. The Bertz CT molecular complexity index is 941. The summed E-state index contributed by atoms with van der Waals surface area (Å²) in [6, 6.07) is 8.13. The minimum absolute atomic E-state index is 0.0324. The van der Waals surface area contributed by atoms with E-state index in [1.54, 1.807) is 6.07 Å². The number of nitrogens with zero attached hydrogens (tertiary/aromatic N) is 2. The molecule has 1 aliphatic rings. The van der Waals surface area contributed by atoms with Crippen LogP contribution in [0.4, 0.5) is 17.1 Å². The Morgan fingerprint density at radius 1 is 1.11 bits per heavy atom. The summed E-state index contributed by atoms with van der Waals surface area (Å²) in [6.07, 6.45) is 3.05. The molecule has 0 aliphatic carbocycles. The van der Waals surface area contributed by atoms with Crippen LogP contribution >= 0.6 is 11.6 Å². The van der Waals surface area contributed by atoms with Gasteiger partial charge in [-0.25, -0.2) is 4.79 Å². The zero-order valence-corrected chi connectivity index (χ0v) is 15.6. The number of amides is 1. The number of aromatic carboxylic acids is 1. The maximum absolute atomic E-state index is 12.9. The van der Waals surface area contributed by atoms with Crippen LogP contribution < -0.4 is 10.2 Å². The number of rotatable bonds is 5. The highest BCUT2D eigenvalue weighted by Gasteiger charge is 2.22. The lowest BCUT2D eigenvalue weighted by atomic mass is 10.1. The molecule has 8 nitrogen and oxygen atoms in total. The summed E-state index contributed by atoms with van der Waals surface area (Å²) in [7, 11) is 0. The molecular weight excluding hydrogens is 386 g/mol. The molecule has 9 heteroatoms. The van der Waals surface area contributed by atoms with Crippen LogP contribution in [0.1, 0.15) is 40.0 Å². The summed E-state index contributed by atoms with van der Waals surface area (Å²) in [5.41, 5.74) is 0.648. The number of halogens is 1. The van der Waals surface area contributed by atoms with E-state index in [9.17, 15) is 19.7 Å². The van der Waals surface area contributed by atoms with Gasteiger partial charge in [0.1, 0.15) is 0 Å². The molecule has 0 aromatic heterocycles. The Morgan fingerprint density at radius 3 is 2.46 bits per heavy atom. The number of nitro benzene ring substituents is 1. The maximum atomic E-state index is 12.9. The minimum atomic E-state index is -1.16. The average Bonchev–Trinajstić information content (AvgIpc) is 2.69. The molecule has 0 spiro atoms. The topological polar surface area (TPSA) is 113 Å². The van der Waals surface area contributed by atoms with Gasteiger partial charge in [-0.2, -0.15) is 0 Å². The smallest absolute Gasteiger partial charge is 0.335 e. The fourth-order valence-corrected chi connectivity index (χ4v) is 3.34. The molecule has 0 radical (unpaired) electrons. The fourth-order valence-electron chi connectivity index (χ4n) is 3.17. The largest absolute Gasteiger partial charge is 0.478 e. The number of nitrogens with one attached hydrogen (secondary N) is 1. The van der Waals surface area contributed by atoms with Crippen molar-refractivity contribution in [1.29, 1.82) is 0 Å². The quantitative estimate of drug-likeness (QED) is 0.571. The number of piperidine rings is 1. The van der Waals surface area contributed by atoms with E-state index in [1.165, 1.54) is 30.3 Å². The highest BCUT2D eigenvalue weighted by Crippen LogP contribution is 2.30. The molecule has 0 saturated carbocycles. The molecule has 0 unspecified atom stereocenters. The molecule has 1 amide bonds. The second-order valence-corrected chi connectivity index (χ2v) is 6.87. The number of carboxylic acids is 1. The highest BCUT2D eigenvalue weighted by atomic mass is 35.5. The number of carboxylic acid groups (broad SMARTS) is 1. The van der Waals surface area contributed by atoms with E-state index in [1.807, 2.05) is 4.90 Å². The Labute approximate surface area is 165 Å². The van der Waals surface area contributed by atoms with Gasteiger partial charge in [-0.1, -0.05) is 11.6 Å². The summed E-state index contributed by atoms with van der Waals surface area (Å²) in [6.45, 7) is 1.51. The van der Waals surface area contributed by atoms with Crippen LogP contribution in [0.3, 0.4) is 0 Å². The summed E-state index contributed by atoms with van der Waals surface area (Å²) >= 11 is 6.08. The van der Waals surface area contributed by atoms with Crippen molar-refractivity contribution in [2.24, 2.45) is 0 Å². The van der Waals surface area contributed by atoms with Gasteiger partial charge in [0.05, 0.1) is 32.4 Å². The molecule has 0 atom stereocenters. The van der Waals surface area contributed by atoms with Crippen LogP contribution in [0.2, 0.25) is 5.02 Å². The van der Waals surface area contributed by atoms with Gasteiger partial charge in [0.25, 0.3) is 11.6 Å². The monoisotopic (exact) mass is 403 g/mol. The Kier molecular flexibility index (Phi) is 5.79. The van der Waals surface area contributed by atoms with Gasteiger partial charge in [-0.15, -0.1) is 0 Å². The normalized spacial score (nSPS) is 13.8. The molecule has 2 N–H and O–H groups in total. The summed E-state index contributed by atoms with van der Waals surface area (Å²) in [4.78, 5) is 36.7. The van der Waals surface area contributed by atoms with Gasteiger partial charge in [0.15, 0.2) is 0 Å². The van der Waals surface area contributed by atoms with Crippen molar-refractivity contribution in [3.05, 3.63) is 62.7 Å². The van der Waals surface area contributed by atoms with Gasteiger partial charge >= 0.3 is 5.97 Å². The Morgan fingerprint density at radius 2 is 1.82 bits per heavy atom. The average molecular weight is 404 g/mol. The van der Waals surface area contributed by atoms with E-state index in [4.69, 9.17) is 16.7 Å². The first-order chi connectivity index (χ1) is 13.4. The number of benzene rings is 2. The van der Waals surface area contributed by atoms with Crippen molar-refractivity contribution in [1.82, 2.24) is 0 Å². The van der Waals surface area contributed by atoms with Gasteiger partial charge in [0, 0.05) is 25.2 Å². The number of carbonyl (C=O) groups excluding carboxylic acids is 1. The lowest BCUT2D eigenvalue weighted by Gasteiger charge is -2.30. The maximum Gasteiger partial charge on any atom is 0.335 e. The summed E-state index contributed by atoms with van der Waals surface area (Å²) < 4.78 is 0. The highest BCUT2D eigenvalue weighted by molar-refractivity contribution is 6.34. The second-order valence-electron chi connectivity index (χ2n) is 6.46. The molecule has 1 saturated heterocycles. The van der Waals surface area contributed by atoms with Crippen LogP contribution in [0.15, 0.2) is 36.4 Å². The molecule has 1 aliphatic heterocycles. The summed E-state index contributed by atoms with van der Waals surface area (Å²) in [5, 5.41) is 23.0. The number of carbonyl (C=O) groups is 2. The van der Waals surface area contributed by atoms with Crippen LogP contribution in [0, 0.1) is 10.1 Å². The van der Waals surface area contributed by atoms with E-state index >= 15 is 0 Å². The first kappa shape index (κ1) is 19.6. The molecule has 28 heavy (non-hydrogen) atoms. The number of nitro groups is 1. The van der Waals surface area contributed by atoms with E-state index in [0.717, 1.165) is 32.4 Å². The Balaban J connectivity index is 1.97. The van der Waals surface area contributed by atoms with Crippen molar-refractivity contribution in [3.63, 3.8) is 0 Å². The van der Waals surface area contributed by atoms with E-state index in [-0.39, 0.29) is 27.5 Å². The van der Waals surface area contributed by atoms with Crippen LogP contribution in [-0.2, 0) is 0 Å². The van der Waals surface area contributed by atoms with Gasteiger partial charge in [-0.3, -0.25) is 14.9 Å². The third-order valence-electron chi connectivity index (χ3n) is 4.59. The lowest BCUT2D eigenvalue weighted by Crippen LogP contribution is -2.31. The number of non-ortho nitro benzene ring substituents is 1. The van der Waals surface area contributed by atoms with E-state index < -0.39 is 16.8 Å². The van der Waals surface area contributed by atoms with Gasteiger partial charge in [-0.05, 0) is 43.5 Å². The van der Waals surface area contributed by atoms with Gasteiger partial charge < -0.3 is 15.3 Å². The van der Waals surface area contributed by atoms with Crippen LogP contribution in [0.5, 0.6) is 0 Å². The van der Waals surface area contributed by atoms with Crippen molar-refractivity contribution >= 4 is 40.5 Å². The summed E-state index contributed by atoms with van der Waals surface area (Å²) in [5.74, 6) is -1.75. The second kappa shape index (κ2) is 8.26. The van der Waals surface area contributed by atoms with Crippen molar-refractivity contribution in [2.45, 2.75) is 19.3 Å². The number of hydrogen-bond acceptors (Lipinski definition) is 5. The van der Waals surface area contributed by atoms with E-state index in [2.05, 4.69) is 5.32 Å². The fraction of sp³-hybridized carbons (Fsp3) is 0.263. The first-order valence-corrected chi connectivity index (χ1v) is 9.12. The Hall–Kier alpha value is -3.13. The lowest BCUT2D eigenvalue weighted by molar-refractivity contribution is -0.384. The van der Waals surface area contributed by atoms with E-state index in [0.29, 0.717) is 5.69 Å². The molecule has 146 valence electrons. The van der Waals surface area contributed by atoms with Crippen molar-refractivity contribution in [2.75, 3.05) is 23.3 Å². The molecule has 1 heterocycles. The first-order valence-electron chi connectivity index (χ1n) is 8.74. The SMILES string of the molecule is O=C(O)c1ccc(Cl)c(NC(=O)c2cc([N+](=O)[O-])ccc2N2CCCCC2)c1. The number of anilines is 2. The molecule has 1 fully saturated rings. The predicted molar refractivity (Wildman–Crippen MR) is 106 cm³/mol. The molecule has 0 bridgehead atoms. The van der Waals surface area contributed by atoms with Crippen LogP contribution in [-0.4, -0.2) is 35.0 Å².